The van der Waals surface area contributed by atoms with Crippen molar-refractivity contribution in [1.82, 2.24) is 4.90 Å². The van der Waals surface area contributed by atoms with Gasteiger partial charge >= 0.3 is 0 Å². The van der Waals surface area contributed by atoms with E-state index in [2.05, 4.69) is 11.8 Å². The van der Waals surface area contributed by atoms with Crippen LogP contribution in [0.2, 0.25) is 0 Å². The maximum Gasteiger partial charge on any atom is 0.0756 e. The Labute approximate surface area is 105 Å². The molecule has 0 aliphatic heterocycles. The standard InChI is InChI=1S/C12H28N2O3/c1-11(9-12(2,15)10-13)14(5-7-16-3)6-8-17-4/h11,15H,5-10,13H2,1-4H3. The number of ether oxygens (including phenoxy) is 2. The van der Waals surface area contributed by atoms with Crippen molar-refractivity contribution in [2.45, 2.75) is 31.9 Å². The molecule has 5 nitrogen and oxygen atoms in total. The molecule has 0 aromatic rings. The summed E-state index contributed by atoms with van der Waals surface area (Å²) in [5.41, 5.74) is 4.73. The number of rotatable bonds is 10. The minimum Gasteiger partial charge on any atom is -0.389 e. The zero-order valence-electron chi connectivity index (χ0n) is 11.6. The fraction of sp³-hybridized carbons (Fsp3) is 1.00. The largest absolute Gasteiger partial charge is 0.389 e. The monoisotopic (exact) mass is 248 g/mol. The number of hydrogen-bond acceptors (Lipinski definition) is 5. The van der Waals surface area contributed by atoms with E-state index < -0.39 is 5.60 Å². The molecule has 104 valence electrons. The predicted octanol–water partition coefficient (Wildman–Crippen LogP) is 0.0695. The average Bonchev–Trinajstić information content (AvgIpc) is 2.28. The van der Waals surface area contributed by atoms with Crippen molar-refractivity contribution in [3.05, 3.63) is 0 Å². The Morgan fingerprint density at radius 1 is 1.24 bits per heavy atom. The molecule has 0 fully saturated rings. The van der Waals surface area contributed by atoms with Crippen molar-refractivity contribution in [3.63, 3.8) is 0 Å². The van der Waals surface area contributed by atoms with Gasteiger partial charge in [0, 0.05) is 39.9 Å². The summed E-state index contributed by atoms with van der Waals surface area (Å²) in [6.45, 7) is 7.17. The van der Waals surface area contributed by atoms with E-state index >= 15 is 0 Å². The maximum atomic E-state index is 9.98. The smallest absolute Gasteiger partial charge is 0.0756 e. The van der Waals surface area contributed by atoms with E-state index in [1.165, 1.54) is 0 Å². The Morgan fingerprint density at radius 2 is 1.71 bits per heavy atom. The first-order chi connectivity index (χ1) is 7.96. The van der Waals surface area contributed by atoms with Gasteiger partial charge in [0.25, 0.3) is 0 Å². The van der Waals surface area contributed by atoms with Crippen LogP contribution in [0.4, 0.5) is 0 Å². The zero-order chi connectivity index (χ0) is 13.3. The van der Waals surface area contributed by atoms with Gasteiger partial charge in [-0.15, -0.1) is 0 Å². The first kappa shape index (κ1) is 16.8. The molecule has 0 radical (unpaired) electrons. The highest BCUT2D eigenvalue weighted by molar-refractivity contribution is 4.80. The van der Waals surface area contributed by atoms with E-state index in [0.29, 0.717) is 19.6 Å². The van der Waals surface area contributed by atoms with Crippen LogP contribution in [0.3, 0.4) is 0 Å². The van der Waals surface area contributed by atoms with Crippen LogP contribution in [0.5, 0.6) is 0 Å². The summed E-state index contributed by atoms with van der Waals surface area (Å²) >= 11 is 0. The molecule has 0 saturated carbocycles. The van der Waals surface area contributed by atoms with Crippen LogP contribution in [0.1, 0.15) is 20.3 Å². The summed E-state index contributed by atoms with van der Waals surface area (Å²) in [5, 5.41) is 9.98. The Hall–Kier alpha value is -0.200. The van der Waals surface area contributed by atoms with E-state index in [-0.39, 0.29) is 12.6 Å². The summed E-state index contributed by atoms with van der Waals surface area (Å²) in [5.74, 6) is 0. The minimum atomic E-state index is -0.808. The Bertz CT molecular complexity index is 181. The van der Waals surface area contributed by atoms with Crippen LogP contribution in [-0.4, -0.2) is 68.7 Å². The second-order valence-corrected chi connectivity index (χ2v) is 4.78. The molecule has 0 aliphatic carbocycles. The van der Waals surface area contributed by atoms with Gasteiger partial charge in [-0.3, -0.25) is 4.90 Å². The number of methoxy groups -OCH3 is 2. The molecule has 0 amide bonds. The molecule has 0 aromatic carbocycles. The van der Waals surface area contributed by atoms with Crippen LogP contribution in [0, 0.1) is 0 Å². The summed E-state index contributed by atoms with van der Waals surface area (Å²) in [4.78, 5) is 2.25. The molecule has 0 bridgehead atoms. The quantitative estimate of drug-likeness (QED) is 0.572. The van der Waals surface area contributed by atoms with Gasteiger partial charge in [0.05, 0.1) is 18.8 Å². The number of hydrogen-bond donors (Lipinski definition) is 2. The molecule has 0 heterocycles. The molecule has 0 aromatic heterocycles. The zero-order valence-corrected chi connectivity index (χ0v) is 11.6. The molecular formula is C12H28N2O3. The summed E-state index contributed by atoms with van der Waals surface area (Å²) in [6, 6.07) is 0.249. The van der Waals surface area contributed by atoms with Gasteiger partial charge in [-0.05, 0) is 20.3 Å². The van der Waals surface area contributed by atoms with Gasteiger partial charge < -0.3 is 20.3 Å². The second kappa shape index (κ2) is 8.83. The van der Waals surface area contributed by atoms with Gasteiger partial charge in [-0.2, -0.15) is 0 Å². The summed E-state index contributed by atoms with van der Waals surface area (Å²) < 4.78 is 10.2. The van der Waals surface area contributed by atoms with Crippen LogP contribution in [0.15, 0.2) is 0 Å². The first-order valence-corrected chi connectivity index (χ1v) is 6.11. The van der Waals surface area contributed by atoms with E-state index in [9.17, 15) is 5.11 Å². The molecule has 0 spiro atoms. The molecular weight excluding hydrogens is 220 g/mol. The highest BCUT2D eigenvalue weighted by Crippen LogP contribution is 2.14. The average molecular weight is 248 g/mol. The molecule has 0 aliphatic rings. The van der Waals surface area contributed by atoms with E-state index in [1.807, 2.05) is 0 Å². The second-order valence-electron chi connectivity index (χ2n) is 4.78. The van der Waals surface area contributed by atoms with Crippen molar-refractivity contribution in [3.8, 4) is 0 Å². The van der Waals surface area contributed by atoms with Gasteiger partial charge in [-0.1, -0.05) is 0 Å². The normalized spacial score (nSPS) is 17.1. The van der Waals surface area contributed by atoms with Crippen molar-refractivity contribution in [2.75, 3.05) is 47.1 Å². The van der Waals surface area contributed by atoms with Gasteiger partial charge in [-0.25, -0.2) is 0 Å². The third-order valence-corrected chi connectivity index (χ3v) is 2.96. The third-order valence-electron chi connectivity index (χ3n) is 2.96. The molecule has 3 N–H and O–H groups in total. The fourth-order valence-corrected chi connectivity index (χ4v) is 1.82. The minimum absolute atomic E-state index is 0.249. The van der Waals surface area contributed by atoms with Crippen molar-refractivity contribution in [2.24, 2.45) is 5.73 Å². The van der Waals surface area contributed by atoms with Crippen molar-refractivity contribution >= 4 is 0 Å². The highest BCUT2D eigenvalue weighted by atomic mass is 16.5. The first-order valence-electron chi connectivity index (χ1n) is 6.11. The van der Waals surface area contributed by atoms with Crippen molar-refractivity contribution < 1.29 is 14.6 Å². The lowest BCUT2D eigenvalue weighted by Crippen LogP contribution is -2.45. The molecule has 5 heteroatoms. The fourth-order valence-electron chi connectivity index (χ4n) is 1.82. The van der Waals surface area contributed by atoms with Crippen LogP contribution < -0.4 is 5.73 Å². The van der Waals surface area contributed by atoms with E-state index in [0.717, 1.165) is 13.1 Å². The number of nitrogens with zero attached hydrogens (tertiary/aromatic N) is 1. The Kier molecular flexibility index (Phi) is 8.72. The molecule has 2 atom stereocenters. The van der Waals surface area contributed by atoms with Gasteiger partial charge in [0.1, 0.15) is 0 Å². The van der Waals surface area contributed by atoms with Crippen LogP contribution in [0.25, 0.3) is 0 Å². The maximum absolute atomic E-state index is 9.98. The molecule has 17 heavy (non-hydrogen) atoms. The third kappa shape index (κ3) is 7.68. The van der Waals surface area contributed by atoms with E-state index in [4.69, 9.17) is 15.2 Å². The molecule has 2 unspecified atom stereocenters. The Balaban J connectivity index is 4.24. The number of nitrogens with two attached hydrogens (primary N) is 1. The Morgan fingerprint density at radius 3 is 2.06 bits per heavy atom. The van der Waals surface area contributed by atoms with Crippen LogP contribution in [-0.2, 0) is 9.47 Å². The van der Waals surface area contributed by atoms with E-state index in [1.54, 1.807) is 21.1 Å². The summed E-state index contributed by atoms with van der Waals surface area (Å²) in [7, 11) is 3.38. The lowest BCUT2D eigenvalue weighted by Gasteiger charge is -2.33. The predicted molar refractivity (Wildman–Crippen MR) is 69.1 cm³/mol. The highest BCUT2D eigenvalue weighted by Gasteiger charge is 2.24. The lowest BCUT2D eigenvalue weighted by atomic mass is 9.97. The number of aliphatic hydroxyl groups is 1. The summed E-state index contributed by atoms with van der Waals surface area (Å²) in [6.07, 6.45) is 0.650. The van der Waals surface area contributed by atoms with Gasteiger partial charge in [0.2, 0.25) is 0 Å². The lowest BCUT2D eigenvalue weighted by molar-refractivity contribution is 0.0168. The van der Waals surface area contributed by atoms with Crippen LogP contribution >= 0.6 is 0 Å². The van der Waals surface area contributed by atoms with Crippen molar-refractivity contribution in [1.29, 1.82) is 0 Å². The topological polar surface area (TPSA) is 68.0 Å². The van der Waals surface area contributed by atoms with Gasteiger partial charge in [0.15, 0.2) is 0 Å². The molecule has 0 rings (SSSR count). The molecule has 0 saturated heterocycles. The SMILES string of the molecule is COCCN(CCOC)C(C)CC(C)(O)CN.